The van der Waals surface area contributed by atoms with Crippen LogP contribution in [0.2, 0.25) is 0 Å². The minimum absolute atomic E-state index is 0. The molecule has 0 radical (unpaired) electrons. The van der Waals surface area contributed by atoms with Crippen LogP contribution < -0.4 is 73.1 Å². The van der Waals surface area contributed by atoms with Crippen molar-refractivity contribution in [3.63, 3.8) is 0 Å². The molecule has 0 bridgehead atoms. The fraction of sp³-hybridized carbons (Fsp3) is 0.500. The molecule has 59 heavy (non-hydrogen) atoms. The quantitative estimate of drug-likeness (QED) is 0.143. The molecule has 0 unspecified atom stereocenters. The first-order valence-corrected chi connectivity index (χ1v) is 20.1. The minimum Gasteiger partial charge on any atom is -0.870 e. The number of nitrogen functional groups attached to an aromatic ring is 1. The van der Waals surface area contributed by atoms with E-state index >= 15 is 0 Å². The van der Waals surface area contributed by atoms with E-state index in [1.807, 2.05) is 39.8 Å². The average Bonchev–Trinajstić information content (AvgIpc) is 3.93. The van der Waals surface area contributed by atoms with Crippen molar-refractivity contribution in [3.05, 3.63) is 81.4 Å². The van der Waals surface area contributed by atoms with E-state index in [1.54, 1.807) is 0 Å². The van der Waals surface area contributed by atoms with Crippen molar-refractivity contribution in [2.75, 3.05) is 21.7 Å². The van der Waals surface area contributed by atoms with Gasteiger partial charge < -0.3 is 27.2 Å². The van der Waals surface area contributed by atoms with Crippen LogP contribution in [0, 0.1) is 33.6 Å². The van der Waals surface area contributed by atoms with Gasteiger partial charge in [0, 0.05) is 63.2 Å². The number of nitrogens with two attached hydrogens (primary N) is 1. The normalized spacial score (nSPS) is 17.8. The summed E-state index contributed by atoms with van der Waals surface area (Å²) in [5.74, 6) is 3.19. The molecular formula is C46H61KN8O4. The number of amides is 1. The molecular weight excluding hydrogens is 768 g/mol. The molecule has 2 aromatic heterocycles. The molecule has 3 fully saturated rings. The van der Waals surface area contributed by atoms with Crippen molar-refractivity contribution in [1.29, 1.82) is 0 Å². The molecule has 2 spiro atoms. The third-order valence-corrected chi connectivity index (χ3v) is 12.9. The van der Waals surface area contributed by atoms with Crippen molar-refractivity contribution >= 4 is 52.1 Å². The van der Waals surface area contributed by atoms with Gasteiger partial charge in [-0.15, -0.1) is 0 Å². The van der Waals surface area contributed by atoms with Gasteiger partial charge in [0.25, 0.3) is 0 Å². The summed E-state index contributed by atoms with van der Waals surface area (Å²) in [5, 5.41) is 9.73. The van der Waals surface area contributed by atoms with Crippen LogP contribution >= 0.6 is 0 Å². The van der Waals surface area contributed by atoms with E-state index in [2.05, 4.69) is 48.0 Å². The number of nitrogens with zero attached hydrogens (tertiary/aromatic N) is 4. The molecule has 12 nitrogen and oxygen atoms in total. The molecule has 0 atom stereocenters. The van der Waals surface area contributed by atoms with Gasteiger partial charge in [-0.2, -0.15) is 0 Å². The summed E-state index contributed by atoms with van der Waals surface area (Å²) in [4.78, 5) is 54.6. The first kappa shape index (κ1) is 48.1. The van der Waals surface area contributed by atoms with Crippen LogP contribution in [0.4, 0.5) is 34.6 Å². The number of rotatable bonds is 6. The Kier molecular flexibility index (Phi) is 15.8. The number of fused-ring (bicyclic) bond motifs is 4. The number of anilines is 6. The van der Waals surface area contributed by atoms with Crippen LogP contribution in [0.3, 0.4) is 0 Å². The van der Waals surface area contributed by atoms with Crippen LogP contribution in [0.15, 0.2) is 36.9 Å². The molecule has 0 saturated heterocycles. The summed E-state index contributed by atoms with van der Waals surface area (Å²) >= 11 is 0. The number of aryl methyl sites for hydroxylation is 2. The summed E-state index contributed by atoms with van der Waals surface area (Å²) in [7, 11) is 0. The van der Waals surface area contributed by atoms with E-state index < -0.39 is 0 Å². The number of nitrogens with one attached hydrogen (secondary N) is 3. The third-order valence-electron chi connectivity index (χ3n) is 12.9. The first-order valence-electron chi connectivity index (χ1n) is 20.1. The van der Waals surface area contributed by atoms with E-state index in [1.165, 1.54) is 62.3 Å². The van der Waals surface area contributed by atoms with Crippen molar-refractivity contribution in [2.45, 2.75) is 143 Å². The Morgan fingerprint density at radius 3 is 1.53 bits per heavy atom. The van der Waals surface area contributed by atoms with Crippen LogP contribution in [0.5, 0.6) is 0 Å². The summed E-state index contributed by atoms with van der Waals surface area (Å²) in [6.07, 6.45) is 18.0. The fourth-order valence-electron chi connectivity index (χ4n) is 9.76. The number of hydrogen-bond donors (Lipinski definition) is 4. The third kappa shape index (κ3) is 9.50. The molecule has 5 aliphatic carbocycles. The molecule has 4 aromatic rings. The van der Waals surface area contributed by atoms with Gasteiger partial charge in [-0.05, 0) is 113 Å². The van der Waals surface area contributed by atoms with Crippen molar-refractivity contribution in [1.82, 2.24) is 19.9 Å². The van der Waals surface area contributed by atoms with Gasteiger partial charge in [-0.25, -0.2) is 19.9 Å². The number of carbonyl (C=O) groups excluding carboxylic acids is 3. The zero-order valence-corrected chi connectivity index (χ0v) is 37.1. The number of Topliss-reactive ketones (excluding diaryl/α,β-unsaturated/α-hetero) is 2. The maximum absolute atomic E-state index is 12.8. The molecule has 1 amide bonds. The van der Waals surface area contributed by atoms with Gasteiger partial charge in [-0.1, -0.05) is 53.4 Å². The Bertz CT molecular complexity index is 2210. The van der Waals surface area contributed by atoms with Gasteiger partial charge in [0.05, 0.1) is 0 Å². The monoisotopic (exact) mass is 828 g/mol. The van der Waals surface area contributed by atoms with Gasteiger partial charge in [0.1, 0.15) is 35.9 Å². The first-order chi connectivity index (χ1) is 26.5. The fourth-order valence-corrected chi connectivity index (χ4v) is 9.76. The van der Waals surface area contributed by atoms with Crippen LogP contribution in [-0.2, 0) is 15.6 Å². The number of aromatic nitrogens is 4. The summed E-state index contributed by atoms with van der Waals surface area (Å²) in [6.45, 7) is 7.88. The van der Waals surface area contributed by atoms with Crippen molar-refractivity contribution in [3.8, 4) is 0 Å². The number of hydrogen-bond acceptors (Lipinski definition) is 11. The Balaban J connectivity index is 0.000000247. The zero-order valence-electron chi connectivity index (χ0n) is 34.0. The molecule has 3 saturated carbocycles. The summed E-state index contributed by atoms with van der Waals surface area (Å²) in [5.41, 5.74) is 15.9. The maximum Gasteiger partial charge on any atom is 1.00 e. The van der Waals surface area contributed by atoms with Gasteiger partial charge in [0.15, 0.2) is 11.6 Å². The molecule has 9 rings (SSSR count). The van der Waals surface area contributed by atoms with Crippen LogP contribution in [0.1, 0.15) is 159 Å². The van der Waals surface area contributed by atoms with Gasteiger partial charge >= 0.3 is 51.4 Å². The SMILES string of the molecule is C.C.Cc1cc(Nc2ncnc(N)c2C)cc2c1C(=O)CC21CCCCC1.Cc1cc(Nc2ncnc(NC(=O)C3CC3)c2C)cc2c1C(=O)CC21CCCCC1.[K+].[OH-]. The standard InChI is InChI=1S/C24H28N4O2.C20H24N4O.2CH4.K.H2O/c1-14-10-17(11-18-20(14)19(29)12-24(18)8-4-3-5-9-24)27-21-15(2)22(26-13-25-21)28-23(30)16-6-7-16;1-12-8-14(24-19-13(2)18(21)22-11-23-19)9-15-17(12)16(25)10-20(15)6-4-3-5-7-20;;;;/h10-11,13,16H,3-9,12H2,1-2H3,(H2,25,26,27,28,30);8-9,11H,3-7,10H2,1-2H3,(H3,21,22,23,24);2*1H4;;1H2/q;;;;+1;/p-1. The van der Waals surface area contributed by atoms with E-state index in [0.717, 1.165) is 83.3 Å². The number of ketones is 2. The van der Waals surface area contributed by atoms with E-state index in [4.69, 9.17) is 5.73 Å². The second kappa shape index (κ2) is 19.4. The largest absolute Gasteiger partial charge is 1.00 e. The Hall–Kier alpha value is -3.59. The van der Waals surface area contributed by atoms with Crippen LogP contribution in [-0.4, -0.2) is 42.9 Å². The summed E-state index contributed by atoms with van der Waals surface area (Å²) < 4.78 is 0. The second-order valence-electron chi connectivity index (χ2n) is 16.8. The van der Waals surface area contributed by atoms with E-state index in [9.17, 15) is 14.4 Å². The van der Waals surface area contributed by atoms with Crippen LogP contribution in [0.25, 0.3) is 0 Å². The smallest absolute Gasteiger partial charge is 0.870 e. The summed E-state index contributed by atoms with van der Waals surface area (Å²) in [6, 6.07) is 8.39. The predicted octanol–water partition coefficient (Wildman–Crippen LogP) is 7.28. The topological polar surface area (TPSA) is 195 Å². The van der Waals surface area contributed by atoms with Crippen molar-refractivity contribution < 1.29 is 71.2 Å². The number of carbonyl (C=O) groups is 3. The van der Waals surface area contributed by atoms with Gasteiger partial charge in [-0.3, -0.25) is 14.4 Å². The Morgan fingerprint density at radius 2 is 1.07 bits per heavy atom. The maximum atomic E-state index is 12.8. The molecule has 2 heterocycles. The Labute approximate surface area is 392 Å². The number of benzene rings is 2. The minimum atomic E-state index is 0. The average molecular weight is 829 g/mol. The van der Waals surface area contributed by atoms with Gasteiger partial charge in [0.2, 0.25) is 5.91 Å². The molecule has 5 aliphatic rings. The zero-order chi connectivity index (χ0) is 38.5. The second-order valence-corrected chi connectivity index (χ2v) is 16.8. The van der Waals surface area contributed by atoms with Crippen molar-refractivity contribution in [2.24, 2.45) is 5.92 Å². The molecule has 13 heteroatoms. The molecule has 6 N–H and O–H groups in total. The van der Waals surface area contributed by atoms with E-state index in [0.29, 0.717) is 47.7 Å². The Morgan fingerprint density at radius 1 is 0.644 bits per heavy atom. The molecule has 310 valence electrons. The molecule has 0 aliphatic heterocycles. The van der Waals surface area contributed by atoms with E-state index in [-0.39, 0.29) is 94.4 Å². The predicted molar refractivity (Wildman–Crippen MR) is 231 cm³/mol. The molecule has 2 aromatic carbocycles.